The minimum Gasteiger partial charge on any atom is -0.508 e. The summed E-state index contributed by atoms with van der Waals surface area (Å²) in [6, 6.07) is 15.7. The minimum atomic E-state index is 0.189. The van der Waals surface area contributed by atoms with Crippen LogP contribution in [-0.2, 0) is 0 Å². The number of nitriles is 1. The zero-order valence-corrected chi connectivity index (χ0v) is 13.3. The van der Waals surface area contributed by atoms with Crippen molar-refractivity contribution in [2.45, 2.75) is 5.16 Å². The van der Waals surface area contributed by atoms with Crippen LogP contribution in [0.1, 0.15) is 5.56 Å². The Hall–Kier alpha value is -3.05. The van der Waals surface area contributed by atoms with E-state index in [0.29, 0.717) is 28.8 Å². The molecule has 0 amide bonds. The van der Waals surface area contributed by atoms with E-state index in [9.17, 15) is 5.11 Å². The Labute approximate surface area is 142 Å². The molecule has 0 radical (unpaired) electrons. The van der Waals surface area contributed by atoms with E-state index in [-0.39, 0.29) is 5.75 Å². The molecule has 2 aromatic carbocycles. The van der Waals surface area contributed by atoms with Gasteiger partial charge >= 0.3 is 0 Å². The topological polar surface area (TPSA) is 96.9 Å². The van der Waals surface area contributed by atoms with Crippen molar-refractivity contribution in [1.29, 1.82) is 5.26 Å². The first-order chi connectivity index (χ1) is 11.8. The number of aromatic nitrogens is 4. The van der Waals surface area contributed by atoms with Crippen LogP contribution in [0.25, 0.3) is 5.69 Å². The molecule has 24 heavy (non-hydrogen) atoms. The Bertz CT molecular complexity index is 857. The molecule has 120 valence electrons. The third-order valence-corrected chi connectivity index (χ3v) is 3.97. The number of phenolic OH excluding ortho intramolecular Hbond substituents is 1. The van der Waals surface area contributed by atoms with Crippen molar-refractivity contribution in [2.24, 2.45) is 0 Å². The fraction of sp³-hybridized carbons (Fsp3) is 0.125. The maximum absolute atomic E-state index is 9.34. The molecule has 0 aliphatic rings. The highest BCUT2D eigenvalue weighted by Crippen LogP contribution is 2.20. The standard InChI is InChI=1S/C16H13N5O2S/c17-11-12-2-1-3-15(10-12)23-8-9-24-16-18-19-20-21(16)13-4-6-14(22)7-5-13/h1-7,10,22H,8-9H2. The van der Waals surface area contributed by atoms with E-state index in [4.69, 9.17) is 10.00 Å². The summed E-state index contributed by atoms with van der Waals surface area (Å²) in [4.78, 5) is 0. The number of thioether (sulfide) groups is 1. The van der Waals surface area contributed by atoms with Crippen molar-refractivity contribution in [3.8, 4) is 23.3 Å². The highest BCUT2D eigenvalue weighted by Gasteiger charge is 2.09. The molecule has 0 spiro atoms. The molecule has 0 saturated heterocycles. The number of hydrogen-bond donors (Lipinski definition) is 1. The molecule has 1 N–H and O–H groups in total. The van der Waals surface area contributed by atoms with Crippen LogP contribution in [0.4, 0.5) is 0 Å². The van der Waals surface area contributed by atoms with E-state index in [1.165, 1.54) is 11.8 Å². The molecule has 0 fully saturated rings. The molecule has 0 atom stereocenters. The Morgan fingerprint density at radius 1 is 1.21 bits per heavy atom. The molecule has 0 aliphatic heterocycles. The van der Waals surface area contributed by atoms with Gasteiger partial charge in [-0.1, -0.05) is 17.8 Å². The summed E-state index contributed by atoms with van der Waals surface area (Å²) in [7, 11) is 0. The Kier molecular flexibility index (Phi) is 4.93. The van der Waals surface area contributed by atoms with E-state index in [2.05, 4.69) is 21.6 Å². The van der Waals surface area contributed by atoms with Crippen molar-refractivity contribution in [3.63, 3.8) is 0 Å². The second-order valence-electron chi connectivity index (χ2n) is 4.73. The third kappa shape index (κ3) is 3.83. The molecule has 1 heterocycles. The average Bonchev–Trinajstić information content (AvgIpc) is 3.08. The van der Waals surface area contributed by atoms with Gasteiger partial charge in [0.1, 0.15) is 11.5 Å². The lowest BCUT2D eigenvalue weighted by Gasteiger charge is -2.06. The van der Waals surface area contributed by atoms with Crippen LogP contribution in [0.2, 0.25) is 0 Å². The number of tetrazole rings is 1. The minimum absolute atomic E-state index is 0.189. The van der Waals surface area contributed by atoms with Gasteiger partial charge in [0.25, 0.3) is 0 Å². The van der Waals surface area contributed by atoms with Crippen LogP contribution in [0.3, 0.4) is 0 Å². The Morgan fingerprint density at radius 3 is 2.83 bits per heavy atom. The van der Waals surface area contributed by atoms with Crippen molar-refractivity contribution >= 4 is 11.8 Å². The van der Waals surface area contributed by atoms with E-state index in [1.807, 2.05) is 6.07 Å². The summed E-state index contributed by atoms with van der Waals surface area (Å²) >= 11 is 1.46. The zero-order chi connectivity index (χ0) is 16.8. The molecule has 7 nitrogen and oxygen atoms in total. The van der Waals surface area contributed by atoms with Crippen LogP contribution in [0.5, 0.6) is 11.5 Å². The van der Waals surface area contributed by atoms with Crippen molar-refractivity contribution in [1.82, 2.24) is 20.2 Å². The van der Waals surface area contributed by atoms with Gasteiger partial charge in [0.05, 0.1) is 23.9 Å². The lowest BCUT2D eigenvalue weighted by Crippen LogP contribution is -2.03. The summed E-state index contributed by atoms with van der Waals surface area (Å²) in [5.41, 5.74) is 1.33. The molecule has 3 rings (SSSR count). The molecule has 3 aromatic rings. The van der Waals surface area contributed by atoms with Gasteiger partial charge in [-0.05, 0) is 52.9 Å². The number of phenols is 1. The fourth-order valence-corrected chi connectivity index (χ4v) is 2.68. The first kappa shape index (κ1) is 15.8. The third-order valence-electron chi connectivity index (χ3n) is 3.08. The highest BCUT2D eigenvalue weighted by molar-refractivity contribution is 7.99. The van der Waals surface area contributed by atoms with Gasteiger partial charge in [-0.25, -0.2) is 0 Å². The van der Waals surface area contributed by atoms with Crippen LogP contribution >= 0.6 is 11.8 Å². The Morgan fingerprint density at radius 2 is 2.04 bits per heavy atom. The highest BCUT2D eigenvalue weighted by atomic mass is 32.2. The molecule has 8 heteroatoms. The molecule has 0 bridgehead atoms. The van der Waals surface area contributed by atoms with Crippen LogP contribution in [0, 0.1) is 11.3 Å². The monoisotopic (exact) mass is 339 g/mol. The fourth-order valence-electron chi connectivity index (χ4n) is 1.97. The average molecular weight is 339 g/mol. The molecular formula is C16H13N5O2S. The molecule has 0 unspecified atom stereocenters. The summed E-state index contributed by atoms with van der Waals surface area (Å²) in [5, 5.41) is 30.5. The first-order valence-electron chi connectivity index (χ1n) is 7.10. The van der Waals surface area contributed by atoms with E-state index < -0.39 is 0 Å². The normalized spacial score (nSPS) is 10.3. The largest absolute Gasteiger partial charge is 0.508 e. The van der Waals surface area contributed by atoms with Gasteiger partial charge in [-0.15, -0.1) is 5.10 Å². The predicted molar refractivity (Wildman–Crippen MR) is 88.2 cm³/mol. The summed E-state index contributed by atoms with van der Waals surface area (Å²) in [6.07, 6.45) is 0. The second kappa shape index (κ2) is 7.48. The lowest BCUT2D eigenvalue weighted by atomic mass is 10.2. The SMILES string of the molecule is N#Cc1cccc(OCCSc2nnnn2-c2ccc(O)cc2)c1. The number of nitrogens with zero attached hydrogens (tertiary/aromatic N) is 5. The number of benzene rings is 2. The van der Waals surface area contributed by atoms with Gasteiger partial charge < -0.3 is 9.84 Å². The van der Waals surface area contributed by atoms with Crippen LogP contribution < -0.4 is 4.74 Å². The molecule has 0 aliphatic carbocycles. The first-order valence-corrected chi connectivity index (χ1v) is 8.08. The van der Waals surface area contributed by atoms with Crippen LogP contribution in [0.15, 0.2) is 53.7 Å². The van der Waals surface area contributed by atoms with Crippen molar-refractivity contribution in [3.05, 3.63) is 54.1 Å². The quantitative estimate of drug-likeness (QED) is 0.544. The maximum atomic E-state index is 9.34. The number of rotatable bonds is 6. The molecule has 0 saturated carbocycles. The lowest BCUT2D eigenvalue weighted by molar-refractivity contribution is 0.343. The molecular weight excluding hydrogens is 326 g/mol. The number of hydrogen-bond acceptors (Lipinski definition) is 7. The molecule has 1 aromatic heterocycles. The number of aromatic hydroxyl groups is 1. The van der Waals surface area contributed by atoms with Gasteiger partial charge in [0, 0.05) is 5.75 Å². The summed E-state index contributed by atoms with van der Waals surface area (Å²) in [5.74, 6) is 1.50. The van der Waals surface area contributed by atoms with E-state index in [1.54, 1.807) is 47.1 Å². The number of ether oxygens (including phenoxy) is 1. The second-order valence-corrected chi connectivity index (χ2v) is 5.79. The summed E-state index contributed by atoms with van der Waals surface area (Å²) in [6.45, 7) is 0.460. The van der Waals surface area contributed by atoms with Crippen LogP contribution in [-0.4, -0.2) is 37.7 Å². The van der Waals surface area contributed by atoms with Gasteiger partial charge in [0.2, 0.25) is 5.16 Å². The van der Waals surface area contributed by atoms with Gasteiger partial charge in [-0.3, -0.25) is 0 Å². The predicted octanol–water partition coefficient (Wildman–Crippen LogP) is 2.41. The van der Waals surface area contributed by atoms with E-state index >= 15 is 0 Å². The van der Waals surface area contributed by atoms with Crippen molar-refractivity contribution in [2.75, 3.05) is 12.4 Å². The zero-order valence-electron chi connectivity index (χ0n) is 12.5. The Balaban J connectivity index is 1.57. The van der Waals surface area contributed by atoms with Gasteiger partial charge in [-0.2, -0.15) is 9.94 Å². The van der Waals surface area contributed by atoms with E-state index in [0.717, 1.165) is 5.69 Å². The van der Waals surface area contributed by atoms with Gasteiger partial charge in [0.15, 0.2) is 0 Å². The van der Waals surface area contributed by atoms with Crippen molar-refractivity contribution < 1.29 is 9.84 Å². The maximum Gasteiger partial charge on any atom is 0.214 e. The summed E-state index contributed by atoms with van der Waals surface area (Å²) < 4.78 is 7.22. The smallest absolute Gasteiger partial charge is 0.214 e.